The summed E-state index contributed by atoms with van der Waals surface area (Å²) in [6.07, 6.45) is -6.37. The molecule has 63 heavy (non-hydrogen) atoms. The van der Waals surface area contributed by atoms with E-state index in [9.17, 15) is 29.4 Å². The second-order valence-electron chi connectivity index (χ2n) is 16.3. The number of likely N-dealkylation sites (tertiary alicyclic amines) is 1. The number of carbonyl (C=O) groups excluding carboxylic acids is 4. The molecule has 0 aromatic heterocycles. The first kappa shape index (κ1) is 47.9. The number of benzene rings is 3. The summed E-state index contributed by atoms with van der Waals surface area (Å²) < 4.78 is 41.7. The van der Waals surface area contributed by atoms with Crippen molar-refractivity contribution in [3.05, 3.63) is 100 Å². The van der Waals surface area contributed by atoms with Crippen LogP contribution in [0.1, 0.15) is 88.5 Å². The fraction of sp³-hybridized carbons (Fsp3) is 0.500. The lowest BCUT2D eigenvalue weighted by atomic mass is 9.84. The molecule has 0 radical (unpaired) electrons. The molecule has 0 spiro atoms. The van der Waals surface area contributed by atoms with Gasteiger partial charge in [-0.1, -0.05) is 79.3 Å². The summed E-state index contributed by atoms with van der Waals surface area (Å²) in [6, 6.07) is 22.4. The molecule has 3 fully saturated rings. The predicted molar refractivity (Wildman–Crippen MR) is 233 cm³/mol. The Morgan fingerprint density at radius 2 is 1.41 bits per heavy atom. The summed E-state index contributed by atoms with van der Waals surface area (Å²) in [5.41, 5.74) is 2.91. The van der Waals surface area contributed by atoms with Crippen LogP contribution in [0.5, 0.6) is 0 Å². The number of ether oxygens (including phenoxy) is 7. The lowest BCUT2D eigenvalue weighted by Gasteiger charge is -2.45. The molecular weight excluding hydrogens is 856 g/mol. The molecule has 3 aromatic rings. The Kier molecular flexibility index (Phi) is 16.3. The Morgan fingerprint density at radius 3 is 2.02 bits per heavy atom. The first-order valence-corrected chi connectivity index (χ1v) is 21.7. The van der Waals surface area contributed by atoms with E-state index in [2.05, 4.69) is 17.1 Å². The minimum Gasteiger partial charge on any atom is -0.463 e. The quantitative estimate of drug-likeness (QED) is 0.0990. The zero-order chi connectivity index (χ0) is 45.4. The van der Waals surface area contributed by atoms with Gasteiger partial charge < -0.3 is 53.6 Å². The molecule has 9 atom stereocenters. The molecule has 15 nitrogen and oxygen atoms in total. The van der Waals surface area contributed by atoms with Crippen LogP contribution in [0.2, 0.25) is 5.02 Å². The third-order valence-electron chi connectivity index (χ3n) is 11.5. The number of nitrogens with zero attached hydrogens (tertiary/aromatic N) is 1. The highest BCUT2D eigenvalue weighted by Gasteiger charge is 2.52. The zero-order valence-corrected chi connectivity index (χ0v) is 37.5. The average Bonchev–Trinajstić information content (AvgIpc) is 3.23. The van der Waals surface area contributed by atoms with Gasteiger partial charge in [-0.15, -0.1) is 0 Å². The first-order chi connectivity index (χ1) is 30.0. The van der Waals surface area contributed by atoms with Crippen LogP contribution in [0.4, 0.5) is 5.69 Å². The first-order valence-electron chi connectivity index (χ1n) is 20.9. The number of aliphatic hydroxyl groups is 2. The van der Waals surface area contributed by atoms with Gasteiger partial charge >= 0.3 is 23.9 Å². The average molecular weight is 911 g/mol. The molecule has 6 rings (SSSR count). The van der Waals surface area contributed by atoms with Crippen LogP contribution in [0.15, 0.2) is 72.8 Å². The van der Waals surface area contributed by atoms with Crippen molar-refractivity contribution < 1.29 is 62.5 Å². The Balaban J connectivity index is 1.20. The summed E-state index contributed by atoms with van der Waals surface area (Å²) in [4.78, 5) is 51.2. The van der Waals surface area contributed by atoms with E-state index in [1.54, 1.807) is 12.1 Å². The van der Waals surface area contributed by atoms with Gasteiger partial charge in [0.2, 0.25) is 0 Å². The van der Waals surface area contributed by atoms with Crippen molar-refractivity contribution in [1.29, 1.82) is 0 Å². The molecule has 9 unspecified atom stereocenters. The highest BCUT2D eigenvalue weighted by molar-refractivity contribution is 7.80. The van der Waals surface area contributed by atoms with E-state index >= 15 is 0 Å². The normalized spacial score (nSPS) is 27.1. The maximum Gasteiger partial charge on any atom is 0.303 e. The Morgan fingerprint density at radius 1 is 0.794 bits per heavy atom. The van der Waals surface area contributed by atoms with E-state index in [0.29, 0.717) is 48.7 Å². The SMILES string of the molecule is CC(=O)OCC1OC(CC(=S)Nc2cccc(C3OC(CN4CCC(O)(c5ccc(Cl)cc5)CC4)C(C)C(c4ccc(CO)cc4)O3)c2)C(OC(C)=O)C(OC(C)=O)C1OC(C)=O. The van der Waals surface area contributed by atoms with Gasteiger partial charge in [-0.2, -0.15) is 0 Å². The number of anilines is 1. The van der Waals surface area contributed by atoms with Crippen LogP contribution in [0, 0.1) is 5.92 Å². The maximum atomic E-state index is 12.4. The summed E-state index contributed by atoms with van der Waals surface area (Å²) in [7, 11) is 0. The smallest absolute Gasteiger partial charge is 0.303 e. The number of hydrogen-bond acceptors (Lipinski definition) is 15. The van der Waals surface area contributed by atoms with E-state index < -0.39 is 66.3 Å². The highest BCUT2D eigenvalue weighted by Crippen LogP contribution is 2.43. The number of rotatable bonds is 14. The predicted octanol–water partition coefficient (Wildman–Crippen LogP) is 5.86. The van der Waals surface area contributed by atoms with Gasteiger partial charge in [0, 0.05) is 75.9 Å². The van der Waals surface area contributed by atoms with E-state index in [-0.39, 0.29) is 42.7 Å². The van der Waals surface area contributed by atoms with Crippen molar-refractivity contribution in [2.24, 2.45) is 5.92 Å². The summed E-state index contributed by atoms with van der Waals surface area (Å²) in [5, 5.41) is 25.1. The van der Waals surface area contributed by atoms with Gasteiger partial charge in [-0.05, 0) is 53.8 Å². The van der Waals surface area contributed by atoms with E-state index in [1.807, 2.05) is 60.7 Å². The van der Waals surface area contributed by atoms with Crippen LogP contribution < -0.4 is 5.32 Å². The van der Waals surface area contributed by atoms with Crippen molar-refractivity contribution >= 4 is 58.4 Å². The number of hydrogen-bond donors (Lipinski definition) is 3. The summed E-state index contributed by atoms with van der Waals surface area (Å²) >= 11 is 11.9. The molecule has 0 bridgehead atoms. The van der Waals surface area contributed by atoms with Crippen molar-refractivity contribution in [2.45, 2.75) is 115 Å². The van der Waals surface area contributed by atoms with Gasteiger partial charge in [0.1, 0.15) is 18.8 Å². The van der Waals surface area contributed by atoms with Gasteiger partial charge in [0.05, 0.1) is 29.4 Å². The third kappa shape index (κ3) is 12.6. The van der Waals surface area contributed by atoms with Crippen LogP contribution in [0.25, 0.3) is 0 Å². The van der Waals surface area contributed by atoms with Gasteiger partial charge in [-0.25, -0.2) is 0 Å². The molecule has 340 valence electrons. The van der Waals surface area contributed by atoms with Crippen LogP contribution in [-0.2, 0) is 64.5 Å². The molecule has 3 aliphatic heterocycles. The van der Waals surface area contributed by atoms with Crippen LogP contribution >= 0.6 is 23.8 Å². The van der Waals surface area contributed by atoms with E-state index in [1.165, 1.54) is 13.8 Å². The zero-order valence-electron chi connectivity index (χ0n) is 35.9. The number of piperidine rings is 1. The molecule has 17 heteroatoms. The molecule has 0 amide bonds. The van der Waals surface area contributed by atoms with Crippen molar-refractivity contribution in [1.82, 2.24) is 4.90 Å². The molecule has 0 saturated carbocycles. The fourth-order valence-electron chi connectivity index (χ4n) is 8.38. The molecule has 0 aliphatic carbocycles. The van der Waals surface area contributed by atoms with Crippen LogP contribution in [0.3, 0.4) is 0 Å². The lowest BCUT2D eigenvalue weighted by molar-refractivity contribution is -0.277. The number of carbonyl (C=O) groups is 4. The molecule has 3 aliphatic rings. The largest absolute Gasteiger partial charge is 0.463 e. The number of halogens is 1. The van der Waals surface area contributed by atoms with E-state index in [4.69, 9.17) is 57.0 Å². The maximum absolute atomic E-state index is 12.4. The Bertz CT molecular complexity index is 2080. The molecule has 3 N–H and O–H groups in total. The van der Waals surface area contributed by atoms with Crippen molar-refractivity contribution in [3.8, 4) is 0 Å². The van der Waals surface area contributed by atoms with Gasteiger partial charge in [-0.3, -0.25) is 19.2 Å². The number of aliphatic hydroxyl groups excluding tert-OH is 1. The minimum absolute atomic E-state index is 0.0520. The molecule has 3 aromatic carbocycles. The fourth-order valence-corrected chi connectivity index (χ4v) is 8.79. The van der Waals surface area contributed by atoms with Gasteiger partial charge in [0.15, 0.2) is 24.6 Å². The number of thiocarbonyl (C=S) groups is 1. The summed E-state index contributed by atoms with van der Waals surface area (Å²) in [5.74, 6) is -2.86. The summed E-state index contributed by atoms with van der Waals surface area (Å²) in [6.45, 7) is 8.29. The van der Waals surface area contributed by atoms with E-state index in [0.717, 1.165) is 30.5 Å². The Labute approximate surface area is 377 Å². The second-order valence-corrected chi connectivity index (χ2v) is 17.2. The topological polar surface area (TPSA) is 189 Å². The highest BCUT2D eigenvalue weighted by atomic mass is 35.5. The second kappa shape index (κ2) is 21.4. The van der Waals surface area contributed by atoms with Crippen molar-refractivity contribution in [2.75, 3.05) is 31.6 Å². The minimum atomic E-state index is -1.32. The van der Waals surface area contributed by atoms with Gasteiger partial charge in [0.25, 0.3) is 0 Å². The van der Waals surface area contributed by atoms with Crippen molar-refractivity contribution in [3.63, 3.8) is 0 Å². The molecule has 3 heterocycles. The standard InChI is InChI=1S/C46H55ClN2O13S/c1-26-38(23-49-19-17-46(55,18-20-49)34-13-15-35(47)16-14-34)61-45(62-41(26)32-11-9-31(24-50)10-12-32)33-7-6-8-36(21-33)48-40(63)22-37-42(57-28(3)52)44(59-30(5)54)43(58-29(4)53)39(60-37)25-56-27(2)51/h6-16,21,26,37-39,41-45,50,55H,17-20,22-25H2,1-5H3,(H,48,63). The molecule has 3 saturated heterocycles. The lowest BCUT2D eigenvalue weighted by Crippen LogP contribution is -2.62. The monoisotopic (exact) mass is 910 g/mol. The number of nitrogens with one attached hydrogen (secondary N) is 1. The molecular formula is C46H55ClN2O13S. The third-order valence-corrected chi connectivity index (χ3v) is 12.1. The van der Waals surface area contributed by atoms with Crippen LogP contribution in [-0.4, -0.2) is 107 Å². The number of esters is 4. The Hall–Kier alpha value is -4.52.